The molecule has 22 heavy (non-hydrogen) atoms. The molecule has 3 heteroatoms. The Morgan fingerprint density at radius 3 is 2.50 bits per heavy atom. The number of hydrogen-bond donors (Lipinski definition) is 1. The molecule has 2 rings (SSSR count). The molecule has 3 nitrogen and oxygen atoms in total. The lowest BCUT2D eigenvalue weighted by Gasteiger charge is -2.32. The molecular weight excluding hydrogens is 272 g/mol. The highest BCUT2D eigenvalue weighted by atomic mass is 16.1. The summed E-state index contributed by atoms with van der Waals surface area (Å²) in [6.45, 7) is 9.43. The molecule has 1 amide bonds. The number of piperidine rings is 1. The third-order valence-electron chi connectivity index (χ3n) is 4.60. The zero-order chi connectivity index (χ0) is 15.9. The summed E-state index contributed by atoms with van der Waals surface area (Å²) in [6, 6.07) is 9.07. The van der Waals surface area contributed by atoms with E-state index in [1.807, 2.05) is 0 Å². The van der Waals surface area contributed by atoms with Crippen molar-refractivity contribution in [2.75, 3.05) is 13.1 Å². The largest absolute Gasteiger partial charge is 0.353 e. The van der Waals surface area contributed by atoms with E-state index in [9.17, 15) is 4.79 Å². The zero-order valence-corrected chi connectivity index (χ0v) is 14.3. The Labute approximate surface area is 135 Å². The highest BCUT2D eigenvalue weighted by molar-refractivity contribution is 5.79. The minimum Gasteiger partial charge on any atom is -0.353 e. The third-order valence-corrected chi connectivity index (χ3v) is 4.60. The number of nitrogens with zero attached hydrogens (tertiary/aromatic N) is 1. The highest BCUT2D eigenvalue weighted by Crippen LogP contribution is 2.19. The first-order chi connectivity index (χ1) is 10.6. The zero-order valence-electron chi connectivity index (χ0n) is 14.3. The van der Waals surface area contributed by atoms with Crippen molar-refractivity contribution in [3.63, 3.8) is 0 Å². The van der Waals surface area contributed by atoms with E-state index in [4.69, 9.17) is 0 Å². The quantitative estimate of drug-likeness (QED) is 0.872. The van der Waals surface area contributed by atoms with Gasteiger partial charge in [0.2, 0.25) is 5.91 Å². The van der Waals surface area contributed by atoms with Crippen molar-refractivity contribution in [3.8, 4) is 0 Å². The Morgan fingerprint density at radius 1 is 1.27 bits per heavy atom. The van der Waals surface area contributed by atoms with E-state index in [1.165, 1.54) is 11.1 Å². The van der Waals surface area contributed by atoms with Crippen LogP contribution in [0.1, 0.15) is 50.7 Å². The molecule has 122 valence electrons. The van der Waals surface area contributed by atoms with E-state index >= 15 is 0 Å². The molecule has 1 atom stereocenters. The monoisotopic (exact) mass is 302 g/mol. The summed E-state index contributed by atoms with van der Waals surface area (Å²) in [5, 5.41) is 3.16. The van der Waals surface area contributed by atoms with E-state index in [0.717, 1.165) is 45.3 Å². The van der Waals surface area contributed by atoms with Gasteiger partial charge in [0.25, 0.3) is 0 Å². The predicted molar refractivity (Wildman–Crippen MR) is 91.7 cm³/mol. The lowest BCUT2D eigenvalue weighted by molar-refractivity contribution is -0.127. The molecule has 0 spiro atoms. The van der Waals surface area contributed by atoms with Gasteiger partial charge >= 0.3 is 0 Å². The molecule has 1 heterocycles. The maximum atomic E-state index is 12.3. The van der Waals surface area contributed by atoms with E-state index in [2.05, 4.69) is 55.3 Å². The van der Waals surface area contributed by atoms with Gasteiger partial charge in [-0.3, -0.25) is 9.69 Å². The second-order valence-electron chi connectivity index (χ2n) is 6.73. The van der Waals surface area contributed by atoms with Crippen molar-refractivity contribution in [2.24, 2.45) is 5.92 Å². The van der Waals surface area contributed by atoms with E-state index < -0.39 is 0 Å². The molecule has 0 aromatic heterocycles. The molecular formula is C19H30N2O. The molecule has 0 saturated carbocycles. The standard InChI is InChI=1S/C19H30N2O/c1-4-5-16(3)20-19(22)18-10-12-21(13-11-18)14-17-8-6-15(2)7-9-17/h6-9,16,18H,4-5,10-14H2,1-3H3,(H,20,22)/t16-/m0/s1. The van der Waals surface area contributed by atoms with Crippen LogP contribution in [-0.4, -0.2) is 29.9 Å². The van der Waals surface area contributed by atoms with Gasteiger partial charge in [-0.1, -0.05) is 43.2 Å². The number of rotatable bonds is 6. The minimum atomic E-state index is 0.202. The first kappa shape index (κ1) is 17.0. The van der Waals surface area contributed by atoms with Crippen molar-refractivity contribution < 1.29 is 4.79 Å². The first-order valence-corrected chi connectivity index (χ1v) is 8.66. The van der Waals surface area contributed by atoms with Gasteiger partial charge in [-0.2, -0.15) is 0 Å². The summed E-state index contributed by atoms with van der Waals surface area (Å²) in [6.07, 6.45) is 4.15. The van der Waals surface area contributed by atoms with Crippen LogP contribution >= 0.6 is 0 Å². The second-order valence-corrected chi connectivity index (χ2v) is 6.73. The van der Waals surface area contributed by atoms with Crippen LogP contribution in [0.5, 0.6) is 0 Å². The van der Waals surface area contributed by atoms with E-state index in [1.54, 1.807) is 0 Å². The van der Waals surface area contributed by atoms with Gasteiger partial charge in [-0.15, -0.1) is 0 Å². The molecule has 0 aliphatic carbocycles. The number of benzene rings is 1. The number of likely N-dealkylation sites (tertiary alicyclic amines) is 1. The highest BCUT2D eigenvalue weighted by Gasteiger charge is 2.25. The molecule has 1 aliphatic heterocycles. The first-order valence-electron chi connectivity index (χ1n) is 8.66. The minimum absolute atomic E-state index is 0.202. The Bertz CT molecular complexity index is 461. The van der Waals surface area contributed by atoms with E-state index in [-0.39, 0.29) is 11.8 Å². The van der Waals surface area contributed by atoms with Crippen LogP contribution < -0.4 is 5.32 Å². The van der Waals surface area contributed by atoms with Crippen molar-refractivity contribution in [3.05, 3.63) is 35.4 Å². The molecule has 0 unspecified atom stereocenters. The number of carbonyl (C=O) groups excluding carboxylic acids is 1. The smallest absolute Gasteiger partial charge is 0.223 e. The topological polar surface area (TPSA) is 32.3 Å². The van der Waals surface area contributed by atoms with Gasteiger partial charge in [0.15, 0.2) is 0 Å². The van der Waals surface area contributed by atoms with Crippen molar-refractivity contribution >= 4 is 5.91 Å². The van der Waals surface area contributed by atoms with Gasteiger partial charge in [-0.05, 0) is 51.8 Å². The number of aryl methyl sites for hydroxylation is 1. The lowest BCUT2D eigenvalue weighted by atomic mass is 9.95. The van der Waals surface area contributed by atoms with Crippen molar-refractivity contribution in [1.82, 2.24) is 10.2 Å². The fourth-order valence-electron chi connectivity index (χ4n) is 3.17. The predicted octanol–water partition coefficient (Wildman–Crippen LogP) is 3.51. The van der Waals surface area contributed by atoms with Crippen LogP contribution in [0.25, 0.3) is 0 Å². The Kier molecular flexibility index (Phi) is 6.44. The van der Waals surface area contributed by atoms with Crippen LogP contribution in [-0.2, 0) is 11.3 Å². The van der Waals surface area contributed by atoms with Crippen LogP contribution in [0.15, 0.2) is 24.3 Å². The average molecular weight is 302 g/mol. The van der Waals surface area contributed by atoms with E-state index in [0.29, 0.717) is 6.04 Å². The summed E-state index contributed by atoms with van der Waals surface area (Å²) in [5.41, 5.74) is 2.67. The second kappa shape index (κ2) is 8.33. The molecule has 0 bridgehead atoms. The fraction of sp³-hybridized carbons (Fsp3) is 0.632. The number of amides is 1. The van der Waals surface area contributed by atoms with Gasteiger partial charge in [0, 0.05) is 18.5 Å². The van der Waals surface area contributed by atoms with Crippen molar-refractivity contribution in [2.45, 2.75) is 59.0 Å². The molecule has 1 fully saturated rings. The summed E-state index contributed by atoms with van der Waals surface area (Å²) >= 11 is 0. The fourth-order valence-corrected chi connectivity index (χ4v) is 3.17. The molecule has 1 saturated heterocycles. The van der Waals surface area contributed by atoms with Crippen LogP contribution in [0.4, 0.5) is 0 Å². The Balaban J connectivity index is 1.75. The summed E-state index contributed by atoms with van der Waals surface area (Å²) < 4.78 is 0. The summed E-state index contributed by atoms with van der Waals surface area (Å²) in [7, 11) is 0. The Hall–Kier alpha value is -1.35. The third kappa shape index (κ3) is 5.13. The Morgan fingerprint density at radius 2 is 1.91 bits per heavy atom. The van der Waals surface area contributed by atoms with Crippen molar-refractivity contribution in [1.29, 1.82) is 0 Å². The number of carbonyl (C=O) groups is 1. The molecule has 0 radical (unpaired) electrons. The maximum Gasteiger partial charge on any atom is 0.223 e. The summed E-state index contributed by atoms with van der Waals surface area (Å²) in [5.74, 6) is 0.463. The normalized spacial score (nSPS) is 18.1. The number of hydrogen-bond acceptors (Lipinski definition) is 2. The van der Waals surface area contributed by atoms with Gasteiger partial charge in [0.1, 0.15) is 0 Å². The lowest BCUT2D eigenvalue weighted by Crippen LogP contribution is -2.42. The van der Waals surface area contributed by atoms with Crippen LogP contribution in [0.2, 0.25) is 0 Å². The maximum absolute atomic E-state index is 12.3. The molecule has 1 N–H and O–H groups in total. The number of nitrogens with one attached hydrogen (secondary N) is 1. The molecule has 1 aromatic rings. The van der Waals surface area contributed by atoms with Gasteiger partial charge < -0.3 is 5.32 Å². The summed E-state index contributed by atoms with van der Waals surface area (Å²) in [4.78, 5) is 14.7. The van der Waals surface area contributed by atoms with Gasteiger partial charge in [-0.25, -0.2) is 0 Å². The van der Waals surface area contributed by atoms with Crippen LogP contribution in [0.3, 0.4) is 0 Å². The van der Waals surface area contributed by atoms with Crippen LogP contribution in [0, 0.1) is 12.8 Å². The van der Waals surface area contributed by atoms with Gasteiger partial charge in [0.05, 0.1) is 0 Å². The average Bonchev–Trinajstić information content (AvgIpc) is 2.50. The molecule has 1 aliphatic rings. The molecule has 1 aromatic carbocycles. The SMILES string of the molecule is CCC[C@H](C)NC(=O)C1CCN(Cc2ccc(C)cc2)CC1.